The van der Waals surface area contributed by atoms with Gasteiger partial charge in [-0.25, -0.2) is 4.99 Å². The van der Waals surface area contributed by atoms with Gasteiger partial charge in [0.25, 0.3) is 5.91 Å². The van der Waals surface area contributed by atoms with Crippen LogP contribution in [0, 0.1) is 0 Å². The summed E-state index contributed by atoms with van der Waals surface area (Å²) < 4.78 is 5.45. The molecule has 0 N–H and O–H groups in total. The van der Waals surface area contributed by atoms with Crippen LogP contribution in [-0.4, -0.2) is 23.9 Å². The van der Waals surface area contributed by atoms with Crippen LogP contribution in [0.5, 0.6) is 5.75 Å². The second kappa shape index (κ2) is 7.02. The highest BCUT2D eigenvalue weighted by Crippen LogP contribution is 2.30. The summed E-state index contributed by atoms with van der Waals surface area (Å²) in [7, 11) is 0. The topological polar surface area (TPSA) is 41.9 Å². The van der Waals surface area contributed by atoms with Gasteiger partial charge in [-0.3, -0.25) is 9.69 Å². The SMILES string of the molecule is CCOc1ccc(N2C(=O)/C(=C/c3cccs3)N=C2SC)cc1. The third-order valence-corrected chi connectivity index (χ3v) is 4.70. The zero-order valence-corrected chi connectivity index (χ0v) is 14.5. The predicted molar refractivity (Wildman–Crippen MR) is 98.3 cm³/mol. The molecule has 0 saturated carbocycles. The number of nitrogens with zero attached hydrogens (tertiary/aromatic N) is 2. The number of aliphatic imine (C=N–C) groups is 1. The van der Waals surface area contributed by atoms with E-state index >= 15 is 0 Å². The number of ether oxygens (including phenoxy) is 1. The molecule has 0 radical (unpaired) electrons. The van der Waals surface area contributed by atoms with Gasteiger partial charge >= 0.3 is 0 Å². The van der Waals surface area contributed by atoms with Crippen molar-refractivity contribution in [2.24, 2.45) is 4.99 Å². The average Bonchev–Trinajstić information content (AvgIpc) is 3.18. The Morgan fingerprint density at radius 1 is 1.30 bits per heavy atom. The lowest BCUT2D eigenvalue weighted by Crippen LogP contribution is -2.29. The summed E-state index contributed by atoms with van der Waals surface area (Å²) in [6.45, 7) is 2.56. The normalized spacial score (nSPS) is 16.1. The average molecular weight is 344 g/mol. The summed E-state index contributed by atoms with van der Waals surface area (Å²) in [5.74, 6) is 0.687. The van der Waals surface area contributed by atoms with Crippen molar-refractivity contribution >= 4 is 45.9 Å². The van der Waals surface area contributed by atoms with Gasteiger partial charge in [0.1, 0.15) is 11.4 Å². The number of thiophene rings is 1. The highest BCUT2D eigenvalue weighted by molar-refractivity contribution is 8.13. The lowest BCUT2D eigenvalue weighted by Gasteiger charge is -2.17. The Hall–Kier alpha value is -2.05. The highest BCUT2D eigenvalue weighted by Gasteiger charge is 2.31. The fraction of sp³-hybridized carbons (Fsp3) is 0.176. The van der Waals surface area contributed by atoms with Gasteiger partial charge in [-0.15, -0.1) is 11.3 Å². The third kappa shape index (κ3) is 3.33. The Kier molecular flexibility index (Phi) is 4.83. The molecule has 0 saturated heterocycles. The molecule has 0 unspecified atom stereocenters. The molecule has 0 aliphatic carbocycles. The molecule has 1 aromatic carbocycles. The molecular formula is C17H16N2O2S2. The summed E-state index contributed by atoms with van der Waals surface area (Å²) in [5.41, 5.74) is 1.26. The molecule has 2 aromatic rings. The minimum atomic E-state index is -0.105. The van der Waals surface area contributed by atoms with Crippen LogP contribution >= 0.6 is 23.1 Å². The maximum atomic E-state index is 12.7. The highest BCUT2D eigenvalue weighted by atomic mass is 32.2. The smallest absolute Gasteiger partial charge is 0.283 e. The molecule has 1 aliphatic rings. The zero-order chi connectivity index (χ0) is 16.2. The Bertz CT molecular complexity index is 749. The molecule has 1 amide bonds. The van der Waals surface area contributed by atoms with Crippen molar-refractivity contribution in [3.63, 3.8) is 0 Å². The predicted octanol–water partition coefficient (Wildman–Crippen LogP) is 4.25. The lowest BCUT2D eigenvalue weighted by atomic mass is 10.2. The molecule has 23 heavy (non-hydrogen) atoms. The molecule has 1 aromatic heterocycles. The van der Waals surface area contributed by atoms with Crippen molar-refractivity contribution < 1.29 is 9.53 Å². The van der Waals surface area contributed by atoms with E-state index in [4.69, 9.17) is 4.74 Å². The van der Waals surface area contributed by atoms with E-state index in [0.717, 1.165) is 16.3 Å². The number of thioether (sulfide) groups is 1. The first-order chi connectivity index (χ1) is 11.2. The first-order valence-electron chi connectivity index (χ1n) is 7.18. The molecule has 0 bridgehead atoms. The number of hydrogen-bond acceptors (Lipinski definition) is 5. The van der Waals surface area contributed by atoms with Crippen molar-refractivity contribution in [2.75, 3.05) is 17.8 Å². The summed E-state index contributed by atoms with van der Waals surface area (Å²) in [6.07, 6.45) is 3.75. The molecule has 4 nitrogen and oxygen atoms in total. The Morgan fingerprint density at radius 3 is 2.70 bits per heavy atom. The number of rotatable bonds is 4. The molecule has 3 rings (SSSR count). The number of amidine groups is 1. The largest absolute Gasteiger partial charge is 0.494 e. The molecule has 0 spiro atoms. The van der Waals surface area contributed by atoms with Crippen LogP contribution in [0.15, 0.2) is 52.5 Å². The fourth-order valence-electron chi connectivity index (χ4n) is 2.23. The molecule has 0 fully saturated rings. The van der Waals surface area contributed by atoms with Crippen LogP contribution in [0.25, 0.3) is 6.08 Å². The number of amides is 1. The minimum absolute atomic E-state index is 0.105. The van der Waals surface area contributed by atoms with E-state index in [2.05, 4.69) is 4.99 Å². The number of hydrogen-bond donors (Lipinski definition) is 0. The van der Waals surface area contributed by atoms with E-state index in [1.807, 2.05) is 61.0 Å². The number of anilines is 1. The first kappa shape index (κ1) is 15.8. The van der Waals surface area contributed by atoms with Crippen LogP contribution in [0.1, 0.15) is 11.8 Å². The van der Waals surface area contributed by atoms with Crippen LogP contribution < -0.4 is 9.64 Å². The van der Waals surface area contributed by atoms with Crippen molar-refractivity contribution in [3.8, 4) is 5.75 Å². The molecule has 2 heterocycles. The molecule has 6 heteroatoms. The van der Waals surface area contributed by atoms with Gasteiger partial charge in [0.2, 0.25) is 0 Å². The van der Waals surface area contributed by atoms with Crippen molar-refractivity contribution in [1.82, 2.24) is 0 Å². The standard InChI is InChI=1S/C17H16N2O2S2/c1-3-21-13-8-6-12(7-9-13)19-16(20)15(18-17(19)22-2)11-14-5-4-10-23-14/h4-11H,3H2,1-2H3/b15-11-. The van der Waals surface area contributed by atoms with Gasteiger partial charge < -0.3 is 4.74 Å². The van der Waals surface area contributed by atoms with Crippen LogP contribution in [0.3, 0.4) is 0 Å². The van der Waals surface area contributed by atoms with Gasteiger partial charge in [0.05, 0.1) is 12.3 Å². The van der Waals surface area contributed by atoms with Gasteiger partial charge in [0.15, 0.2) is 5.17 Å². The molecule has 118 valence electrons. The lowest BCUT2D eigenvalue weighted by molar-refractivity contribution is -0.113. The van der Waals surface area contributed by atoms with Crippen LogP contribution in [0.4, 0.5) is 5.69 Å². The second-order valence-corrected chi connectivity index (χ2v) is 6.46. The van der Waals surface area contributed by atoms with Gasteiger partial charge in [-0.2, -0.15) is 0 Å². The Morgan fingerprint density at radius 2 is 2.09 bits per heavy atom. The quantitative estimate of drug-likeness (QED) is 0.779. The van der Waals surface area contributed by atoms with E-state index in [9.17, 15) is 4.79 Å². The number of benzene rings is 1. The molecule has 1 aliphatic heterocycles. The van der Waals surface area contributed by atoms with E-state index in [1.165, 1.54) is 11.8 Å². The zero-order valence-electron chi connectivity index (χ0n) is 12.9. The van der Waals surface area contributed by atoms with E-state index in [1.54, 1.807) is 16.2 Å². The Labute approximate surface area is 143 Å². The summed E-state index contributed by atoms with van der Waals surface area (Å²) in [4.78, 5) is 19.8. The van der Waals surface area contributed by atoms with Crippen LogP contribution in [0.2, 0.25) is 0 Å². The van der Waals surface area contributed by atoms with Gasteiger partial charge in [0, 0.05) is 4.88 Å². The summed E-state index contributed by atoms with van der Waals surface area (Å²) in [6, 6.07) is 11.4. The third-order valence-electron chi connectivity index (χ3n) is 3.24. The first-order valence-corrected chi connectivity index (χ1v) is 9.28. The monoisotopic (exact) mass is 344 g/mol. The number of carbonyl (C=O) groups is 1. The Balaban J connectivity index is 1.90. The van der Waals surface area contributed by atoms with Crippen LogP contribution in [-0.2, 0) is 4.79 Å². The van der Waals surface area contributed by atoms with E-state index in [-0.39, 0.29) is 5.91 Å². The molecule has 0 atom stereocenters. The maximum absolute atomic E-state index is 12.7. The summed E-state index contributed by atoms with van der Waals surface area (Å²) in [5, 5.41) is 2.66. The van der Waals surface area contributed by atoms with E-state index in [0.29, 0.717) is 17.5 Å². The minimum Gasteiger partial charge on any atom is -0.494 e. The second-order valence-electron chi connectivity index (χ2n) is 4.71. The van der Waals surface area contributed by atoms with Gasteiger partial charge in [-0.05, 0) is 55.0 Å². The van der Waals surface area contributed by atoms with Crippen molar-refractivity contribution in [2.45, 2.75) is 6.92 Å². The maximum Gasteiger partial charge on any atom is 0.283 e. The fourth-order valence-corrected chi connectivity index (χ4v) is 3.44. The van der Waals surface area contributed by atoms with Crippen molar-refractivity contribution in [3.05, 3.63) is 52.4 Å². The number of carbonyl (C=O) groups excluding carboxylic acids is 1. The van der Waals surface area contributed by atoms with Gasteiger partial charge in [-0.1, -0.05) is 17.8 Å². The summed E-state index contributed by atoms with van der Waals surface area (Å²) >= 11 is 3.04. The van der Waals surface area contributed by atoms with E-state index < -0.39 is 0 Å². The van der Waals surface area contributed by atoms with Crippen molar-refractivity contribution in [1.29, 1.82) is 0 Å². The molecular weight excluding hydrogens is 328 g/mol.